The molecule has 0 unspecified atom stereocenters. The molecule has 0 radical (unpaired) electrons. The summed E-state index contributed by atoms with van der Waals surface area (Å²) >= 11 is 5.88. The van der Waals surface area contributed by atoms with Gasteiger partial charge < -0.3 is 4.90 Å². The highest BCUT2D eigenvalue weighted by Gasteiger charge is 2.00. The molecule has 1 aromatic heterocycles. The number of halogens is 1. The molecule has 3 nitrogen and oxygen atoms in total. The summed E-state index contributed by atoms with van der Waals surface area (Å²) in [4.78, 5) is 11.5. The Labute approximate surface area is 106 Å². The zero-order valence-electron chi connectivity index (χ0n) is 8.85. The van der Waals surface area contributed by atoms with Crippen molar-refractivity contribution in [1.82, 2.24) is 4.98 Å². The highest BCUT2D eigenvalue weighted by Crippen LogP contribution is 2.19. The van der Waals surface area contributed by atoms with Crippen LogP contribution in [0.5, 0.6) is 0 Å². The van der Waals surface area contributed by atoms with Gasteiger partial charge in [0.25, 0.3) is 0 Å². The third kappa shape index (κ3) is 2.81. The summed E-state index contributed by atoms with van der Waals surface area (Å²) in [6, 6.07) is 7.44. The van der Waals surface area contributed by atoms with Crippen LogP contribution in [0.2, 0.25) is 5.02 Å². The summed E-state index contributed by atoms with van der Waals surface area (Å²) in [6.45, 7) is 0. The number of rotatable bonds is 2. The molecule has 0 amide bonds. The highest BCUT2D eigenvalue weighted by molar-refractivity contribution is 7.69. The van der Waals surface area contributed by atoms with Crippen molar-refractivity contribution in [3.05, 3.63) is 34.1 Å². The molecule has 0 saturated heterocycles. The van der Waals surface area contributed by atoms with Crippen molar-refractivity contribution < 1.29 is 0 Å². The Hall–Kier alpha value is -0.910. The molecule has 6 heteroatoms. The summed E-state index contributed by atoms with van der Waals surface area (Å²) in [7, 11) is 7.10. The molecule has 0 fully saturated rings. The molecule has 16 heavy (non-hydrogen) atoms. The van der Waals surface area contributed by atoms with E-state index in [0.29, 0.717) is 5.02 Å². The Morgan fingerprint density at radius 3 is 2.75 bits per heavy atom. The number of aromatic nitrogens is 1. The molecular formula is C10H10ClN3S2. The minimum Gasteiger partial charge on any atom is -0.353 e. The summed E-state index contributed by atoms with van der Waals surface area (Å²) in [5.41, 5.74) is 0.833. The maximum Gasteiger partial charge on any atom is 0.222 e. The molecule has 0 N–H and O–H groups in total. The molecule has 2 rings (SSSR count). The predicted molar refractivity (Wildman–Crippen MR) is 71.0 cm³/mol. The molecule has 2 aromatic rings. The zero-order chi connectivity index (χ0) is 11.5. The Morgan fingerprint density at radius 2 is 2.12 bits per heavy atom. The highest BCUT2D eigenvalue weighted by atomic mass is 35.5. The van der Waals surface area contributed by atoms with Crippen molar-refractivity contribution in [3.8, 4) is 0 Å². The van der Waals surface area contributed by atoms with E-state index in [0.717, 1.165) is 15.6 Å². The standard InChI is InChI=1S/C10H10ClN3S2/c1-14(2)10-13-9(15-16-10)12-8-5-3-4-7(11)6-8/h3-6H,1-2H3. The van der Waals surface area contributed by atoms with Crippen LogP contribution in [0.3, 0.4) is 0 Å². The van der Waals surface area contributed by atoms with E-state index >= 15 is 0 Å². The van der Waals surface area contributed by atoms with Gasteiger partial charge in [-0.15, -0.1) is 0 Å². The summed E-state index contributed by atoms with van der Waals surface area (Å²) in [6.07, 6.45) is 0. The first-order chi connectivity index (χ1) is 7.65. The summed E-state index contributed by atoms with van der Waals surface area (Å²) in [5.74, 6) is 0. The lowest BCUT2D eigenvalue weighted by Crippen LogP contribution is -2.10. The van der Waals surface area contributed by atoms with Gasteiger partial charge in [-0.05, 0) is 38.9 Å². The van der Waals surface area contributed by atoms with Crippen LogP contribution >= 0.6 is 32.3 Å². The van der Waals surface area contributed by atoms with Crippen molar-refractivity contribution >= 4 is 43.1 Å². The summed E-state index contributed by atoms with van der Waals surface area (Å²) in [5, 5.41) is 1.65. The van der Waals surface area contributed by atoms with Gasteiger partial charge in [0.05, 0.1) is 5.69 Å². The van der Waals surface area contributed by atoms with Gasteiger partial charge in [-0.3, -0.25) is 0 Å². The smallest absolute Gasteiger partial charge is 0.222 e. The van der Waals surface area contributed by atoms with Gasteiger partial charge in [-0.2, -0.15) is 4.98 Å². The van der Waals surface area contributed by atoms with E-state index in [1.807, 2.05) is 43.3 Å². The third-order valence-electron chi connectivity index (χ3n) is 1.80. The first-order valence-electron chi connectivity index (χ1n) is 4.60. The SMILES string of the molecule is CN(C)c1nc(=Nc2cccc(Cl)c2)ss1. The van der Waals surface area contributed by atoms with E-state index in [4.69, 9.17) is 11.6 Å². The lowest BCUT2D eigenvalue weighted by Gasteiger charge is -2.03. The number of benzene rings is 1. The van der Waals surface area contributed by atoms with Crippen LogP contribution in [-0.2, 0) is 0 Å². The maximum atomic E-state index is 5.88. The van der Waals surface area contributed by atoms with Crippen LogP contribution in [0.15, 0.2) is 29.3 Å². The first-order valence-corrected chi connectivity index (χ1v) is 7.13. The molecule has 1 heterocycles. The van der Waals surface area contributed by atoms with Crippen LogP contribution in [0.25, 0.3) is 0 Å². The molecule has 0 bridgehead atoms. The van der Waals surface area contributed by atoms with Crippen LogP contribution in [0.4, 0.5) is 10.8 Å². The number of anilines is 1. The second-order valence-corrected chi connectivity index (χ2v) is 5.83. The molecular weight excluding hydrogens is 262 g/mol. The van der Waals surface area contributed by atoms with E-state index in [9.17, 15) is 0 Å². The van der Waals surface area contributed by atoms with Crippen LogP contribution in [0, 0.1) is 0 Å². The third-order valence-corrected chi connectivity index (χ3v) is 4.20. The maximum absolute atomic E-state index is 5.88. The van der Waals surface area contributed by atoms with Crippen LogP contribution < -0.4 is 9.70 Å². The fourth-order valence-electron chi connectivity index (χ4n) is 1.07. The zero-order valence-corrected chi connectivity index (χ0v) is 11.2. The first kappa shape index (κ1) is 11.6. The minimum atomic E-state index is 0.689. The lowest BCUT2D eigenvalue weighted by molar-refractivity contribution is 1.08. The summed E-state index contributed by atoms with van der Waals surface area (Å²) < 4.78 is 0. The van der Waals surface area contributed by atoms with Crippen molar-refractivity contribution in [2.75, 3.05) is 19.0 Å². The van der Waals surface area contributed by atoms with Crippen LogP contribution in [-0.4, -0.2) is 19.1 Å². The van der Waals surface area contributed by atoms with E-state index < -0.39 is 0 Å². The van der Waals surface area contributed by atoms with Gasteiger partial charge in [0.1, 0.15) is 0 Å². The van der Waals surface area contributed by atoms with E-state index in [2.05, 4.69) is 9.98 Å². The topological polar surface area (TPSA) is 28.5 Å². The monoisotopic (exact) mass is 271 g/mol. The fourth-order valence-corrected chi connectivity index (χ4v) is 3.23. The molecule has 0 saturated carbocycles. The Bertz CT molecular complexity index is 545. The Kier molecular flexibility index (Phi) is 3.58. The number of hydrogen-bond acceptors (Lipinski definition) is 5. The molecule has 0 aliphatic carbocycles. The number of hydrogen-bond donors (Lipinski definition) is 0. The molecule has 84 valence electrons. The molecule has 0 aliphatic rings. The van der Waals surface area contributed by atoms with E-state index in [1.165, 1.54) is 0 Å². The normalized spacial score (nSPS) is 11.8. The number of nitrogens with zero attached hydrogens (tertiary/aromatic N) is 3. The van der Waals surface area contributed by atoms with Crippen LogP contribution in [0.1, 0.15) is 0 Å². The largest absolute Gasteiger partial charge is 0.353 e. The van der Waals surface area contributed by atoms with Gasteiger partial charge in [0.15, 0.2) is 5.13 Å². The van der Waals surface area contributed by atoms with Crippen molar-refractivity contribution in [1.29, 1.82) is 0 Å². The van der Waals surface area contributed by atoms with Gasteiger partial charge in [0, 0.05) is 19.1 Å². The lowest BCUT2D eigenvalue weighted by atomic mass is 10.3. The average Bonchev–Trinajstić information content (AvgIpc) is 2.66. The predicted octanol–water partition coefficient (Wildman–Crippen LogP) is 3.16. The van der Waals surface area contributed by atoms with E-state index in [1.54, 1.807) is 20.7 Å². The Morgan fingerprint density at radius 1 is 1.31 bits per heavy atom. The van der Waals surface area contributed by atoms with Gasteiger partial charge in [-0.1, -0.05) is 17.7 Å². The van der Waals surface area contributed by atoms with Crippen molar-refractivity contribution in [3.63, 3.8) is 0 Å². The molecule has 1 aromatic carbocycles. The van der Waals surface area contributed by atoms with Crippen molar-refractivity contribution in [2.45, 2.75) is 0 Å². The van der Waals surface area contributed by atoms with Gasteiger partial charge in [-0.25, -0.2) is 4.99 Å². The van der Waals surface area contributed by atoms with Crippen molar-refractivity contribution in [2.24, 2.45) is 4.99 Å². The molecule has 0 atom stereocenters. The van der Waals surface area contributed by atoms with E-state index in [-0.39, 0.29) is 0 Å². The minimum absolute atomic E-state index is 0.689. The Balaban J connectivity index is 2.36. The second-order valence-electron chi connectivity index (χ2n) is 3.33. The van der Waals surface area contributed by atoms with Gasteiger partial charge in [0.2, 0.25) is 4.80 Å². The average molecular weight is 272 g/mol. The molecule has 0 aliphatic heterocycles. The molecule has 0 spiro atoms. The fraction of sp³-hybridized carbons (Fsp3) is 0.200. The second kappa shape index (κ2) is 4.95. The quantitative estimate of drug-likeness (QED) is 0.785. The van der Waals surface area contributed by atoms with Gasteiger partial charge >= 0.3 is 0 Å².